The standard InChI is InChI=1S/C20H17F3N2O2.C20H15F3N2O2/c2*1-25-19(13-3-6-15(7-4-13)27-20(21,22)23)17-9-5-14-10-12(11-26)2-8-16(14)18(17)24-25/h2-4,6-8,10-11,17,19H,5,9H2,1H3;2-4,6-8,10-11H,5,9H2,1H3. The third-order valence-corrected chi connectivity index (χ3v) is 9.79. The molecule has 8 rings (SSSR count). The first-order valence-electron chi connectivity index (χ1n) is 17.0. The van der Waals surface area contributed by atoms with Crippen molar-refractivity contribution in [2.75, 3.05) is 7.05 Å². The van der Waals surface area contributed by atoms with Crippen LogP contribution >= 0.6 is 0 Å². The molecule has 1 aromatic heterocycles. The Hall–Kier alpha value is -5.92. The van der Waals surface area contributed by atoms with Gasteiger partial charge in [-0.3, -0.25) is 19.3 Å². The normalized spacial score (nSPS) is 17.2. The molecule has 0 fully saturated rings. The maximum absolute atomic E-state index is 12.4. The Bertz CT molecular complexity index is 2250. The van der Waals surface area contributed by atoms with Crippen LogP contribution in [0.3, 0.4) is 0 Å². The smallest absolute Gasteiger partial charge is 0.406 e. The second-order valence-corrected chi connectivity index (χ2v) is 13.2. The monoisotopic (exact) mass is 746 g/mol. The summed E-state index contributed by atoms with van der Waals surface area (Å²) in [5, 5.41) is 11.2. The molecule has 54 heavy (non-hydrogen) atoms. The van der Waals surface area contributed by atoms with Crippen molar-refractivity contribution in [3.63, 3.8) is 0 Å². The largest absolute Gasteiger partial charge is 0.573 e. The molecule has 8 nitrogen and oxygen atoms in total. The van der Waals surface area contributed by atoms with E-state index in [1.165, 1.54) is 24.3 Å². The number of benzene rings is 4. The summed E-state index contributed by atoms with van der Waals surface area (Å²) >= 11 is 0. The van der Waals surface area contributed by atoms with E-state index < -0.39 is 12.7 Å². The Kier molecular flexibility index (Phi) is 9.54. The third kappa shape index (κ3) is 7.45. The fourth-order valence-electron chi connectivity index (χ4n) is 7.61. The molecular weight excluding hydrogens is 714 g/mol. The number of carbonyl (C=O) groups is 2. The molecule has 0 saturated heterocycles. The predicted octanol–water partition coefficient (Wildman–Crippen LogP) is 8.91. The summed E-state index contributed by atoms with van der Waals surface area (Å²) < 4.78 is 83.7. The van der Waals surface area contributed by atoms with Gasteiger partial charge in [-0.2, -0.15) is 10.2 Å². The Morgan fingerprint density at radius 1 is 0.704 bits per heavy atom. The van der Waals surface area contributed by atoms with Crippen LogP contribution in [0.2, 0.25) is 0 Å². The van der Waals surface area contributed by atoms with Gasteiger partial charge < -0.3 is 9.47 Å². The highest BCUT2D eigenvalue weighted by Gasteiger charge is 2.40. The zero-order valence-electron chi connectivity index (χ0n) is 28.9. The quantitative estimate of drug-likeness (QED) is 0.128. The van der Waals surface area contributed by atoms with E-state index in [9.17, 15) is 35.9 Å². The number of hydrazone groups is 1. The minimum atomic E-state index is -4.71. The maximum atomic E-state index is 12.4. The number of aryl methyl sites for hydroxylation is 3. The molecule has 3 aliphatic rings. The van der Waals surface area contributed by atoms with Crippen molar-refractivity contribution >= 4 is 18.3 Å². The number of nitrogens with zero attached hydrogens (tertiary/aromatic N) is 4. The Balaban J connectivity index is 0.000000167. The van der Waals surface area contributed by atoms with Crippen molar-refractivity contribution < 1.29 is 45.4 Å². The second kappa shape index (κ2) is 14.1. The molecule has 0 bridgehead atoms. The Labute approximate surface area is 305 Å². The van der Waals surface area contributed by atoms with Crippen LogP contribution in [-0.4, -0.2) is 52.8 Å². The molecule has 4 aromatic carbocycles. The molecule has 278 valence electrons. The molecule has 2 unspecified atom stereocenters. The van der Waals surface area contributed by atoms with Crippen LogP contribution in [0.5, 0.6) is 11.5 Å². The van der Waals surface area contributed by atoms with E-state index >= 15 is 0 Å². The Morgan fingerprint density at radius 2 is 1.26 bits per heavy atom. The highest BCUT2D eigenvalue weighted by molar-refractivity contribution is 6.06. The topological polar surface area (TPSA) is 86.0 Å². The van der Waals surface area contributed by atoms with Gasteiger partial charge >= 0.3 is 12.7 Å². The summed E-state index contributed by atoms with van der Waals surface area (Å²) in [6.07, 6.45) is -4.53. The minimum absolute atomic E-state index is 0.0427. The molecule has 2 aliphatic carbocycles. The number of carbonyl (C=O) groups excluding carboxylic acids is 2. The molecule has 0 spiro atoms. The summed E-state index contributed by atoms with van der Waals surface area (Å²) in [6, 6.07) is 22.9. The van der Waals surface area contributed by atoms with Crippen LogP contribution in [0.4, 0.5) is 26.3 Å². The predicted molar refractivity (Wildman–Crippen MR) is 187 cm³/mol. The van der Waals surface area contributed by atoms with Crippen molar-refractivity contribution in [2.45, 2.75) is 44.4 Å². The van der Waals surface area contributed by atoms with Crippen molar-refractivity contribution in [2.24, 2.45) is 18.1 Å². The van der Waals surface area contributed by atoms with Gasteiger partial charge in [0.15, 0.2) is 0 Å². The molecule has 0 amide bonds. The van der Waals surface area contributed by atoms with Gasteiger partial charge in [-0.05, 0) is 90.9 Å². The van der Waals surface area contributed by atoms with Crippen molar-refractivity contribution in [3.8, 4) is 34.0 Å². The van der Waals surface area contributed by atoms with Gasteiger partial charge in [-0.1, -0.05) is 36.4 Å². The van der Waals surface area contributed by atoms with Crippen molar-refractivity contribution in [1.29, 1.82) is 0 Å². The molecule has 0 radical (unpaired) electrons. The lowest BCUT2D eigenvalue weighted by Gasteiger charge is -2.29. The molecule has 0 saturated carbocycles. The first kappa shape index (κ1) is 36.4. The van der Waals surface area contributed by atoms with Crippen LogP contribution in [-0.2, 0) is 26.3 Å². The lowest BCUT2D eigenvalue weighted by Crippen LogP contribution is -2.27. The van der Waals surface area contributed by atoms with Gasteiger partial charge in [0.2, 0.25) is 0 Å². The summed E-state index contributed by atoms with van der Waals surface area (Å²) in [7, 11) is 3.68. The van der Waals surface area contributed by atoms with Crippen LogP contribution in [0.25, 0.3) is 22.5 Å². The molecule has 5 aromatic rings. The van der Waals surface area contributed by atoms with Gasteiger partial charge in [-0.15, -0.1) is 26.3 Å². The lowest BCUT2D eigenvalue weighted by atomic mass is 9.77. The van der Waals surface area contributed by atoms with E-state index in [0.29, 0.717) is 11.1 Å². The second-order valence-electron chi connectivity index (χ2n) is 13.2. The lowest BCUT2D eigenvalue weighted by molar-refractivity contribution is -0.275. The summed E-state index contributed by atoms with van der Waals surface area (Å²) in [5.74, 6) is -0.337. The van der Waals surface area contributed by atoms with Crippen LogP contribution < -0.4 is 9.47 Å². The third-order valence-electron chi connectivity index (χ3n) is 9.79. The van der Waals surface area contributed by atoms with Gasteiger partial charge in [-0.25, -0.2) is 0 Å². The number of fused-ring (bicyclic) bond motifs is 6. The van der Waals surface area contributed by atoms with E-state index in [1.807, 2.05) is 43.4 Å². The number of aldehydes is 2. The molecule has 2 atom stereocenters. The zero-order chi connectivity index (χ0) is 38.4. The number of hydrogen-bond acceptors (Lipinski definition) is 7. The van der Waals surface area contributed by atoms with Crippen molar-refractivity contribution in [3.05, 3.63) is 124 Å². The Morgan fingerprint density at radius 3 is 1.83 bits per heavy atom. The molecular formula is C40H32F6N4O4. The van der Waals surface area contributed by atoms with E-state index in [0.717, 1.165) is 94.3 Å². The van der Waals surface area contributed by atoms with Crippen LogP contribution in [0.1, 0.15) is 61.0 Å². The first-order chi connectivity index (χ1) is 25.7. The van der Waals surface area contributed by atoms with Gasteiger partial charge in [0.05, 0.1) is 23.1 Å². The van der Waals surface area contributed by atoms with Crippen molar-refractivity contribution in [1.82, 2.24) is 14.8 Å². The molecule has 1 aliphatic heterocycles. The van der Waals surface area contributed by atoms with Gasteiger partial charge in [0.1, 0.15) is 24.1 Å². The van der Waals surface area contributed by atoms with Crippen LogP contribution in [0, 0.1) is 5.92 Å². The van der Waals surface area contributed by atoms with E-state index in [1.54, 1.807) is 41.1 Å². The van der Waals surface area contributed by atoms with Gasteiger partial charge in [0.25, 0.3) is 0 Å². The number of halogens is 6. The molecule has 2 heterocycles. The molecule has 14 heteroatoms. The first-order valence-corrected chi connectivity index (χ1v) is 17.0. The van der Waals surface area contributed by atoms with E-state index in [-0.39, 0.29) is 23.5 Å². The van der Waals surface area contributed by atoms with Gasteiger partial charge in [0, 0.05) is 53.4 Å². The summed E-state index contributed by atoms with van der Waals surface area (Å²) in [6.45, 7) is 0. The minimum Gasteiger partial charge on any atom is -0.406 e. The highest BCUT2D eigenvalue weighted by Crippen LogP contribution is 2.43. The van der Waals surface area contributed by atoms with E-state index in [2.05, 4.69) is 14.6 Å². The number of alkyl halides is 6. The van der Waals surface area contributed by atoms with Crippen LogP contribution in [0.15, 0.2) is 90.0 Å². The van der Waals surface area contributed by atoms with E-state index in [4.69, 9.17) is 5.10 Å². The fraction of sp³-hybridized carbons (Fsp3) is 0.250. The SMILES string of the molecule is CN1N=C2c3ccc(C=O)cc3CCC2C1c1ccc(OC(F)(F)F)cc1.Cn1nc2c(c1-c1ccc(OC(F)(F)F)cc1)CCc1cc(C=O)ccc1-2. The highest BCUT2D eigenvalue weighted by atomic mass is 19.4. The average Bonchev–Trinajstić information content (AvgIpc) is 3.66. The zero-order valence-corrected chi connectivity index (χ0v) is 28.9. The number of aromatic nitrogens is 2. The summed E-state index contributed by atoms with van der Waals surface area (Å²) in [5.41, 5.74) is 10.9. The number of rotatable bonds is 6. The molecule has 0 N–H and O–H groups in total. The summed E-state index contributed by atoms with van der Waals surface area (Å²) in [4.78, 5) is 22.0. The number of ether oxygens (including phenoxy) is 2. The maximum Gasteiger partial charge on any atom is 0.573 e. The fourth-order valence-corrected chi connectivity index (χ4v) is 7.61. The number of hydrogen-bond donors (Lipinski definition) is 0. The average molecular weight is 747 g/mol.